The molecule has 9 heteroatoms. The number of rotatable bonds is 7. The molecule has 0 spiro atoms. The van der Waals surface area contributed by atoms with Crippen molar-refractivity contribution in [1.29, 1.82) is 0 Å². The van der Waals surface area contributed by atoms with Gasteiger partial charge in [-0.2, -0.15) is 16.1 Å². The molecule has 0 amide bonds. The van der Waals surface area contributed by atoms with Crippen LogP contribution in [-0.2, 0) is 10.0 Å². The first-order chi connectivity index (χ1) is 9.71. The number of nitrogen functional groups attached to an aromatic ring is 1. The Kier molecular flexibility index (Phi) is 5.99. The molecule has 118 valence electrons. The van der Waals surface area contributed by atoms with Crippen molar-refractivity contribution in [2.24, 2.45) is 0 Å². The second-order valence-electron chi connectivity index (χ2n) is 4.63. The summed E-state index contributed by atoms with van der Waals surface area (Å²) in [4.78, 5) is 10.0. The molecule has 1 rings (SSSR count). The van der Waals surface area contributed by atoms with E-state index in [0.29, 0.717) is 0 Å². The number of sulfonamides is 1. The van der Waals surface area contributed by atoms with Crippen LogP contribution in [0.3, 0.4) is 0 Å². The summed E-state index contributed by atoms with van der Waals surface area (Å²) in [7, 11) is -2.21. The fourth-order valence-electron chi connectivity index (χ4n) is 1.73. The fourth-order valence-corrected chi connectivity index (χ4v) is 3.74. The molecular weight excluding hydrogens is 314 g/mol. The van der Waals surface area contributed by atoms with E-state index in [1.54, 1.807) is 11.8 Å². The number of hydrogen-bond acceptors (Lipinski definition) is 6. The first-order valence-electron chi connectivity index (χ1n) is 6.22. The van der Waals surface area contributed by atoms with Crippen molar-refractivity contribution in [3.63, 3.8) is 0 Å². The Bertz CT molecular complexity index is 619. The van der Waals surface area contributed by atoms with E-state index in [9.17, 15) is 18.5 Å². The van der Waals surface area contributed by atoms with Crippen molar-refractivity contribution >= 4 is 33.2 Å². The van der Waals surface area contributed by atoms with E-state index in [0.717, 1.165) is 24.3 Å². The third-order valence-corrected chi connectivity index (χ3v) is 5.84. The number of nitrogens with zero attached hydrogens (tertiary/aromatic N) is 2. The summed E-state index contributed by atoms with van der Waals surface area (Å²) >= 11 is 1.64. The number of thioether (sulfide) groups is 1. The van der Waals surface area contributed by atoms with Crippen molar-refractivity contribution in [3.8, 4) is 0 Å². The number of nitro benzene ring substituents is 1. The molecule has 0 fully saturated rings. The molecule has 0 radical (unpaired) electrons. The third-order valence-electron chi connectivity index (χ3n) is 3.23. The minimum absolute atomic E-state index is 0.0379. The number of benzene rings is 1. The Morgan fingerprint density at radius 2 is 2.10 bits per heavy atom. The van der Waals surface area contributed by atoms with Gasteiger partial charge >= 0.3 is 0 Å². The van der Waals surface area contributed by atoms with E-state index in [2.05, 4.69) is 0 Å². The van der Waals surface area contributed by atoms with Gasteiger partial charge in [0.25, 0.3) is 5.69 Å². The maximum atomic E-state index is 12.5. The summed E-state index contributed by atoms with van der Waals surface area (Å²) in [5.74, 6) is 0.851. The Hall–Kier alpha value is -1.32. The van der Waals surface area contributed by atoms with E-state index in [1.165, 1.54) is 17.4 Å². The Morgan fingerprint density at radius 1 is 1.48 bits per heavy atom. The maximum Gasteiger partial charge on any atom is 0.292 e. The first-order valence-corrected chi connectivity index (χ1v) is 9.06. The van der Waals surface area contributed by atoms with Crippen LogP contribution in [0.4, 0.5) is 11.4 Å². The van der Waals surface area contributed by atoms with Crippen LogP contribution in [0.15, 0.2) is 23.1 Å². The highest BCUT2D eigenvalue weighted by molar-refractivity contribution is 7.98. The van der Waals surface area contributed by atoms with Gasteiger partial charge in [0.1, 0.15) is 5.69 Å². The number of anilines is 1. The fraction of sp³-hybridized carbons (Fsp3) is 0.500. The van der Waals surface area contributed by atoms with E-state index < -0.39 is 14.9 Å². The molecular formula is C12H19N3O4S2. The average Bonchev–Trinajstić information content (AvgIpc) is 2.43. The predicted octanol–water partition coefficient (Wildman–Crippen LogP) is 1.94. The van der Waals surface area contributed by atoms with Gasteiger partial charge in [0.2, 0.25) is 10.0 Å². The summed E-state index contributed by atoms with van der Waals surface area (Å²) in [5.41, 5.74) is 5.09. The lowest BCUT2D eigenvalue weighted by atomic mass is 10.3. The van der Waals surface area contributed by atoms with Crippen LogP contribution in [0.25, 0.3) is 0 Å². The smallest absolute Gasteiger partial charge is 0.292 e. The van der Waals surface area contributed by atoms with Crippen molar-refractivity contribution < 1.29 is 13.3 Å². The normalized spacial score (nSPS) is 13.3. The molecule has 1 aromatic rings. The van der Waals surface area contributed by atoms with Gasteiger partial charge in [-0.3, -0.25) is 10.1 Å². The van der Waals surface area contributed by atoms with Crippen molar-refractivity contribution in [2.45, 2.75) is 24.3 Å². The Morgan fingerprint density at radius 3 is 2.57 bits per heavy atom. The summed E-state index contributed by atoms with van der Waals surface area (Å²) in [6.07, 6.45) is 2.68. The quantitative estimate of drug-likeness (QED) is 0.464. The second kappa shape index (κ2) is 7.10. The maximum absolute atomic E-state index is 12.5. The van der Waals surface area contributed by atoms with Gasteiger partial charge in [0.15, 0.2) is 0 Å². The predicted molar refractivity (Wildman–Crippen MR) is 84.9 cm³/mol. The van der Waals surface area contributed by atoms with Gasteiger partial charge in [0, 0.05) is 19.2 Å². The average molecular weight is 333 g/mol. The van der Waals surface area contributed by atoms with Crippen LogP contribution in [0.1, 0.15) is 13.3 Å². The molecule has 0 aromatic heterocycles. The largest absolute Gasteiger partial charge is 0.393 e. The topological polar surface area (TPSA) is 107 Å². The Balaban J connectivity index is 3.08. The molecule has 0 aliphatic rings. The molecule has 0 saturated heterocycles. The highest BCUT2D eigenvalue weighted by atomic mass is 32.2. The Labute approximate surface area is 128 Å². The zero-order valence-electron chi connectivity index (χ0n) is 12.1. The highest BCUT2D eigenvalue weighted by Gasteiger charge is 2.26. The molecule has 1 aromatic carbocycles. The van der Waals surface area contributed by atoms with Gasteiger partial charge in [0.05, 0.1) is 9.82 Å². The third kappa shape index (κ3) is 4.08. The number of nitrogens with two attached hydrogens (primary N) is 1. The molecule has 0 saturated carbocycles. The summed E-state index contributed by atoms with van der Waals surface area (Å²) < 4.78 is 26.2. The number of hydrogen-bond donors (Lipinski definition) is 1. The molecule has 0 bridgehead atoms. The van der Waals surface area contributed by atoms with Crippen LogP contribution in [0, 0.1) is 10.1 Å². The second-order valence-corrected chi connectivity index (χ2v) is 7.61. The van der Waals surface area contributed by atoms with Crippen molar-refractivity contribution in [3.05, 3.63) is 28.3 Å². The molecule has 1 unspecified atom stereocenters. The zero-order chi connectivity index (χ0) is 16.2. The minimum Gasteiger partial charge on any atom is -0.393 e. The highest BCUT2D eigenvalue weighted by Crippen LogP contribution is 2.26. The van der Waals surface area contributed by atoms with E-state index >= 15 is 0 Å². The van der Waals surface area contributed by atoms with Crippen LogP contribution in [0.2, 0.25) is 0 Å². The molecule has 21 heavy (non-hydrogen) atoms. The van der Waals surface area contributed by atoms with Gasteiger partial charge in [-0.25, -0.2) is 8.42 Å². The molecule has 1 atom stereocenters. The summed E-state index contributed by atoms with van der Waals surface area (Å²) in [6, 6.07) is 3.29. The van der Waals surface area contributed by atoms with Crippen LogP contribution in [0.5, 0.6) is 0 Å². The summed E-state index contributed by atoms with van der Waals surface area (Å²) in [6.45, 7) is 1.82. The first kappa shape index (κ1) is 17.7. The standard InChI is InChI=1S/C12H19N3O4S2/c1-9(6-7-20-3)14(2)21(18,19)10-4-5-12(15(16)17)11(13)8-10/h4-5,8-9H,6-7,13H2,1-3H3. The summed E-state index contributed by atoms with van der Waals surface area (Å²) in [5, 5.41) is 10.7. The lowest BCUT2D eigenvalue weighted by Gasteiger charge is -2.24. The van der Waals surface area contributed by atoms with E-state index in [-0.39, 0.29) is 22.3 Å². The minimum atomic E-state index is -3.71. The molecule has 0 aliphatic heterocycles. The molecule has 0 aliphatic carbocycles. The van der Waals surface area contributed by atoms with E-state index in [1.807, 2.05) is 13.2 Å². The lowest BCUT2D eigenvalue weighted by Crippen LogP contribution is -2.35. The van der Waals surface area contributed by atoms with Crippen LogP contribution in [-0.4, -0.2) is 42.7 Å². The molecule has 2 N–H and O–H groups in total. The monoisotopic (exact) mass is 333 g/mol. The van der Waals surface area contributed by atoms with Crippen LogP contribution < -0.4 is 5.73 Å². The van der Waals surface area contributed by atoms with Gasteiger partial charge in [-0.05, 0) is 37.5 Å². The molecule has 7 nitrogen and oxygen atoms in total. The van der Waals surface area contributed by atoms with Crippen LogP contribution >= 0.6 is 11.8 Å². The lowest BCUT2D eigenvalue weighted by molar-refractivity contribution is -0.383. The zero-order valence-corrected chi connectivity index (χ0v) is 13.8. The van der Waals surface area contributed by atoms with Gasteiger partial charge < -0.3 is 5.73 Å². The van der Waals surface area contributed by atoms with E-state index in [4.69, 9.17) is 5.73 Å². The SMILES string of the molecule is CSCCC(C)N(C)S(=O)(=O)c1ccc([N+](=O)[O-])c(N)c1. The van der Waals surface area contributed by atoms with Gasteiger partial charge in [-0.1, -0.05) is 0 Å². The van der Waals surface area contributed by atoms with Crippen molar-refractivity contribution in [2.75, 3.05) is 24.8 Å². The van der Waals surface area contributed by atoms with Gasteiger partial charge in [-0.15, -0.1) is 0 Å². The molecule has 0 heterocycles. The number of nitro groups is 1. The van der Waals surface area contributed by atoms with Crippen molar-refractivity contribution in [1.82, 2.24) is 4.31 Å².